The Labute approximate surface area is 115 Å². The van der Waals surface area contributed by atoms with E-state index in [-0.39, 0.29) is 0 Å². The highest BCUT2D eigenvalue weighted by Gasteiger charge is 2.33. The fraction of sp³-hybridized carbons (Fsp3) is 1.00. The number of hydrogen-bond donors (Lipinski definition) is 1. The van der Waals surface area contributed by atoms with E-state index in [2.05, 4.69) is 51.8 Å². The third kappa shape index (κ3) is 3.71. The molecule has 18 heavy (non-hydrogen) atoms. The van der Waals surface area contributed by atoms with E-state index in [9.17, 15) is 0 Å². The predicted octanol–water partition coefficient (Wildman–Crippen LogP) is 3.52. The average Bonchev–Trinajstić information content (AvgIpc) is 2.39. The molecule has 1 rings (SSSR count). The molecule has 1 heterocycles. The second-order valence-electron chi connectivity index (χ2n) is 6.33. The van der Waals surface area contributed by atoms with Crippen LogP contribution in [0.2, 0.25) is 0 Å². The molecular weight excluding hydrogens is 220 g/mol. The molecule has 0 aromatic carbocycles. The highest BCUT2D eigenvalue weighted by atomic mass is 15.3. The van der Waals surface area contributed by atoms with Crippen LogP contribution in [0, 0.1) is 11.8 Å². The molecule has 3 unspecified atom stereocenters. The molecular formula is C16H34N2. The van der Waals surface area contributed by atoms with Gasteiger partial charge in [0.2, 0.25) is 0 Å². The quantitative estimate of drug-likeness (QED) is 0.780. The summed E-state index contributed by atoms with van der Waals surface area (Å²) in [6, 6.07) is 2.13. The van der Waals surface area contributed by atoms with Crippen LogP contribution in [0.5, 0.6) is 0 Å². The van der Waals surface area contributed by atoms with E-state index in [4.69, 9.17) is 0 Å². The summed E-state index contributed by atoms with van der Waals surface area (Å²) in [6.07, 6.45) is 3.89. The van der Waals surface area contributed by atoms with E-state index in [0.29, 0.717) is 6.04 Å². The molecule has 1 fully saturated rings. The van der Waals surface area contributed by atoms with Crippen LogP contribution in [-0.2, 0) is 0 Å². The molecule has 1 aliphatic rings. The third-order valence-corrected chi connectivity index (χ3v) is 5.02. The normalized spacial score (nSPS) is 28.0. The topological polar surface area (TPSA) is 15.3 Å². The van der Waals surface area contributed by atoms with Gasteiger partial charge in [-0.05, 0) is 25.2 Å². The lowest BCUT2D eigenvalue weighted by molar-refractivity contribution is 0.0456. The molecule has 0 aromatic heterocycles. The van der Waals surface area contributed by atoms with Crippen LogP contribution in [0.15, 0.2) is 0 Å². The highest BCUT2D eigenvalue weighted by Crippen LogP contribution is 2.24. The van der Waals surface area contributed by atoms with Crippen LogP contribution in [-0.4, -0.2) is 36.1 Å². The SMILES string of the molecule is CCC(CC)C(C)N1CC(C(C)C)NCC1CC. The largest absolute Gasteiger partial charge is 0.311 e. The van der Waals surface area contributed by atoms with Crippen LogP contribution >= 0.6 is 0 Å². The number of hydrogen-bond acceptors (Lipinski definition) is 2. The Morgan fingerprint density at radius 2 is 1.72 bits per heavy atom. The van der Waals surface area contributed by atoms with Gasteiger partial charge in [0.25, 0.3) is 0 Å². The zero-order chi connectivity index (χ0) is 13.7. The van der Waals surface area contributed by atoms with Crippen LogP contribution in [0.1, 0.15) is 60.8 Å². The van der Waals surface area contributed by atoms with Gasteiger partial charge in [0.05, 0.1) is 0 Å². The van der Waals surface area contributed by atoms with Gasteiger partial charge in [-0.1, -0.05) is 47.5 Å². The van der Waals surface area contributed by atoms with E-state index >= 15 is 0 Å². The number of nitrogens with one attached hydrogen (secondary N) is 1. The van der Waals surface area contributed by atoms with Crippen LogP contribution < -0.4 is 5.32 Å². The van der Waals surface area contributed by atoms with Crippen molar-refractivity contribution in [1.82, 2.24) is 10.2 Å². The molecule has 2 nitrogen and oxygen atoms in total. The monoisotopic (exact) mass is 254 g/mol. The zero-order valence-corrected chi connectivity index (χ0v) is 13.4. The average molecular weight is 254 g/mol. The van der Waals surface area contributed by atoms with E-state index in [1.54, 1.807) is 0 Å². The van der Waals surface area contributed by atoms with Gasteiger partial charge >= 0.3 is 0 Å². The Kier molecular flexibility index (Phi) is 6.65. The number of rotatable bonds is 6. The van der Waals surface area contributed by atoms with Crippen molar-refractivity contribution in [2.75, 3.05) is 13.1 Å². The van der Waals surface area contributed by atoms with E-state index < -0.39 is 0 Å². The summed E-state index contributed by atoms with van der Waals surface area (Å²) >= 11 is 0. The third-order valence-electron chi connectivity index (χ3n) is 5.02. The van der Waals surface area contributed by atoms with Gasteiger partial charge < -0.3 is 5.32 Å². The maximum Gasteiger partial charge on any atom is 0.0221 e. The molecule has 1 N–H and O–H groups in total. The second-order valence-corrected chi connectivity index (χ2v) is 6.33. The molecule has 0 aromatic rings. The summed E-state index contributed by atoms with van der Waals surface area (Å²) in [4.78, 5) is 2.79. The minimum atomic E-state index is 0.671. The predicted molar refractivity (Wildman–Crippen MR) is 80.9 cm³/mol. The molecule has 0 radical (unpaired) electrons. The first-order valence-electron chi connectivity index (χ1n) is 8.04. The summed E-state index contributed by atoms with van der Waals surface area (Å²) in [5.74, 6) is 1.59. The fourth-order valence-electron chi connectivity index (χ4n) is 3.41. The number of nitrogens with zero attached hydrogens (tertiary/aromatic N) is 1. The van der Waals surface area contributed by atoms with Gasteiger partial charge in [-0.3, -0.25) is 4.90 Å². The van der Waals surface area contributed by atoms with E-state index in [1.165, 1.54) is 32.4 Å². The summed E-state index contributed by atoms with van der Waals surface area (Å²) in [6.45, 7) is 16.5. The van der Waals surface area contributed by atoms with Crippen molar-refractivity contribution < 1.29 is 0 Å². The van der Waals surface area contributed by atoms with Crippen LogP contribution in [0.3, 0.4) is 0 Å². The maximum atomic E-state index is 3.74. The molecule has 1 saturated heterocycles. The van der Waals surface area contributed by atoms with Crippen molar-refractivity contribution in [3.05, 3.63) is 0 Å². The van der Waals surface area contributed by atoms with Crippen LogP contribution in [0.4, 0.5) is 0 Å². The molecule has 3 atom stereocenters. The molecule has 0 saturated carbocycles. The Balaban J connectivity index is 2.72. The molecule has 1 aliphatic heterocycles. The molecule has 2 heteroatoms. The van der Waals surface area contributed by atoms with Crippen molar-refractivity contribution in [1.29, 1.82) is 0 Å². The smallest absolute Gasteiger partial charge is 0.0221 e. The molecule has 0 aliphatic carbocycles. The van der Waals surface area contributed by atoms with Crippen molar-refractivity contribution in [3.63, 3.8) is 0 Å². The van der Waals surface area contributed by atoms with Gasteiger partial charge in [-0.25, -0.2) is 0 Å². The lowest BCUT2D eigenvalue weighted by atomic mass is 9.90. The van der Waals surface area contributed by atoms with Gasteiger partial charge in [-0.15, -0.1) is 0 Å². The Bertz CT molecular complexity index is 223. The van der Waals surface area contributed by atoms with Gasteiger partial charge in [0.1, 0.15) is 0 Å². The summed E-state index contributed by atoms with van der Waals surface area (Å²) in [5, 5.41) is 3.74. The first-order valence-corrected chi connectivity index (χ1v) is 8.04. The minimum absolute atomic E-state index is 0.671. The molecule has 0 amide bonds. The van der Waals surface area contributed by atoms with Crippen LogP contribution in [0.25, 0.3) is 0 Å². The second kappa shape index (κ2) is 7.49. The first-order chi connectivity index (χ1) is 8.54. The van der Waals surface area contributed by atoms with Gasteiger partial charge in [0, 0.05) is 31.2 Å². The van der Waals surface area contributed by atoms with Crippen molar-refractivity contribution >= 4 is 0 Å². The van der Waals surface area contributed by atoms with Crippen molar-refractivity contribution in [3.8, 4) is 0 Å². The molecule has 0 bridgehead atoms. The standard InChI is InChI=1S/C16H34N2/c1-7-14(8-2)13(6)18-11-16(12(4)5)17-10-15(18)9-3/h12-17H,7-11H2,1-6H3. The summed E-state index contributed by atoms with van der Waals surface area (Å²) in [7, 11) is 0. The zero-order valence-electron chi connectivity index (χ0n) is 13.4. The Hall–Kier alpha value is -0.0800. The van der Waals surface area contributed by atoms with Gasteiger partial charge in [0.15, 0.2) is 0 Å². The maximum absolute atomic E-state index is 3.74. The minimum Gasteiger partial charge on any atom is -0.311 e. The Morgan fingerprint density at radius 3 is 2.17 bits per heavy atom. The van der Waals surface area contributed by atoms with Gasteiger partial charge in [-0.2, -0.15) is 0 Å². The molecule has 0 spiro atoms. The lowest BCUT2D eigenvalue weighted by Crippen LogP contribution is -2.61. The van der Waals surface area contributed by atoms with E-state index in [1.807, 2.05) is 0 Å². The summed E-state index contributed by atoms with van der Waals surface area (Å²) in [5.41, 5.74) is 0. The summed E-state index contributed by atoms with van der Waals surface area (Å²) < 4.78 is 0. The lowest BCUT2D eigenvalue weighted by Gasteiger charge is -2.46. The van der Waals surface area contributed by atoms with Crippen molar-refractivity contribution in [2.24, 2.45) is 11.8 Å². The highest BCUT2D eigenvalue weighted by molar-refractivity contribution is 4.90. The van der Waals surface area contributed by atoms with Crippen molar-refractivity contribution in [2.45, 2.75) is 78.9 Å². The number of piperazine rings is 1. The first kappa shape index (κ1) is 16.0. The molecule has 108 valence electrons. The van der Waals surface area contributed by atoms with E-state index in [0.717, 1.165) is 23.9 Å². The Morgan fingerprint density at radius 1 is 1.11 bits per heavy atom. The fourth-order valence-corrected chi connectivity index (χ4v) is 3.41.